The van der Waals surface area contributed by atoms with E-state index in [0.717, 1.165) is 23.4 Å². The summed E-state index contributed by atoms with van der Waals surface area (Å²) in [5.41, 5.74) is 1.22. The molecule has 0 aromatic heterocycles. The predicted octanol–water partition coefficient (Wildman–Crippen LogP) is 5.85. The minimum atomic E-state index is -0.184. The lowest BCUT2D eigenvalue weighted by atomic mass is 10.2. The van der Waals surface area contributed by atoms with Crippen molar-refractivity contribution in [3.8, 4) is 0 Å². The number of amides is 2. The Morgan fingerprint density at radius 1 is 1.04 bits per heavy atom. The number of halogens is 2. The van der Waals surface area contributed by atoms with Gasteiger partial charge in [-0.1, -0.05) is 42.6 Å². The van der Waals surface area contributed by atoms with Crippen molar-refractivity contribution in [2.75, 3.05) is 16.4 Å². The molecule has 0 unspecified atom stereocenters. The Hall–Kier alpha value is -1.69. The molecule has 0 atom stereocenters. The molecule has 2 aromatic rings. The van der Waals surface area contributed by atoms with Crippen molar-refractivity contribution >= 4 is 58.2 Å². The van der Waals surface area contributed by atoms with E-state index in [-0.39, 0.29) is 17.6 Å². The lowest BCUT2D eigenvalue weighted by molar-refractivity contribution is -0.116. The van der Waals surface area contributed by atoms with Crippen LogP contribution in [0.3, 0.4) is 0 Å². The van der Waals surface area contributed by atoms with Gasteiger partial charge < -0.3 is 10.6 Å². The first-order chi connectivity index (χ1) is 12.5. The minimum Gasteiger partial charge on any atom is -0.326 e. The van der Waals surface area contributed by atoms with Gasteiger partial charge in [-0.25, -0.2) is 0 Å². The molecule has 2 rings (SSSR count). The largest absolute Gasteiger partial charge is 0.326 e. The van der Waals surface area contributed by atoms with Crippen LogP contribution in [0.2, 0.25) is 10.0 Å². The molecule has 0 radical (unpaired) electrons. The van der Waals surface area contributed by atoms with Gasteiger partial charge in [-0.15, -0.1) is 11.8 Å². The molecule has 138 valence electrons. The van der Waals surface area contributed by atoms with Crippen molar-refractivity contribution in [3.63, 3.8) is 0 Å². The second-order valence-corrected chi connectivity index (χ2v) is 7.53. The molecule has 0 fully saturated rings. The van der Waals surface area contributed by atoms with Crippen molar-refractivity contribution in [2.24, 2.45) is 0 Å². The van der Waals surface area contributed by atoms with E-state index in [1.54, 1.807) is 18.2 Å². The molecule has 0 spiro atoms. The van der Waals surface area contributed by atoms with Gasteiger partial charge in [0.2, 0.25) is 11.8 Å². The average Bonchev–Trinajstić information content (AvgIpc) is 2.61. The lowest BCUT2D eigenvalue weighted by Crippen LogP contribution is -2.14. The van der Waals surface area contributed by atoms with E-state index >= 15 is 0 Å². The smallest absolute Gasteiger partial charge is 0.234 e. The highest BCUT2D eigenvalue weighted by Gasteiger charge is 2.08. The van der Waals surface area contributed by atoms with Crippen molar-refractivity contribution in [1.82, 2.24) is 0 Å². The molecule has 0 heterocycles. The Labute approximate surface area is 167 Å². The number of hydrogen-bond acceptors (Lipinski definition) is 3. The number of rotatable bonds is 8. The third-order valence-electron chi connectivity index (χ3n) is 3.45. The highest BCUT2D eigenvalue weighted by molar-refractivity contribution is 8.00. The van der Waals surface area contributed by atoms with Gasteiger partial charge >= 0.3 is 0 Å². The standard InChI is InChI=1S/C19H20Cl2N2O2S/c1-2-3-7-18(24)22-14-5-4-6-15(11-14)26-12-19(25)23-17-10-13(20)8-9-16(17)21/h4-6,8-11H,2-3,7,12H2,1H3,(H,22,24)(H,23,25). The van der Waals surface area contributed by atoms with Gasteiger partial charge in [-0.2, -0.15) is 0 Å². The number of hydrogen-bond donors (Lipinski definition) is 2. The zero-order valence-electron chi connectivity index (χ0n) is 14.4. The predicted molar refractivity (Wildman–Crippen MR) is 110 cm³/mol. The molecular weight excluding hydrogens is 391 g/mol. The van der Waals surface area contributed by atoms with E-state index in [1.807, 2.05) is 31.2 Å². The summed E-state index contributed by atoms with van der Waals surface area (Å²) in [4.78, 5) is 24.8. The molecular formula is C19H20Cl2N2O2S. The maximum Gasteiger partial charge on any atom is 0.234 e. The molecule has 0 saturated carbocycles. The van der Waals surface area contributed by atoms with Crippen LogP contribution in [0, 0.1) is 0 Å². The number of nitrogens with one attached hydrogen (secondary N) is 2. The molecule has 2 amide bonds. The molecule has 2 aromatic carbocycles. The fourth-order valence-corrected chi connectivity index (χ4v) is 3.24. The zero-order valence-corrected chi connectivity index (χ0v) is 16.7. The van der Waals surface area contributed by atoms with E-state index in [4.69, 9.17) is 23.2 Å². The highest BCUT2D eigenvalue weighted by atomic mass is 35.5. The van der Waals surface area contributed by atoms with Crippen LogP contribution in [0.5, 0.6) is 0 Å². The monoisotopic (exact) mass is 410 g/mol. The van der Waals surface area contributed by atoms with Crippen LogP contribution in [0.15, 0.2) is 47.4 Å². The zero-order chi connectivity index (χ0) is 18.9. The first-order valence-electron chi connectivity index (χ1n) is 8.25. The van der Waals surface area contributed by atoms with E-state index in [0.29, 0.717) is 22.2 Å². The summed E-state index contributed by atoms with van der Waals surface area (Å²) < 4.78 is 0. The molecule has 0 aliphatic rings. The second-order valence-electron chi connectivity index (χ2n) is 5.64. The summed E-state index contributed by atoms with van der Waals surface area (Å²) in [6, 6.07) is 12.3. The number of carbonyl (C=O) groups is 2. The van der Waals surface area contributed by atoms with E-state index < -0.39 is 0 Å². The summed E-state index contributed by atoms with van der Waals surface area (Å²) in [6.07, 6.45) is 2.36. The van der Waals surface area contributed by atoms with Gasteiger partial charge in [0.05, 0.1) is 16.5 Å². The first kappa shape index (κ1) is 20.6. The molecule has 0 bridgehead atoms. The van der Waals surface area contributed by atoms with Crippen LogP contribution in [-0.2, 0) is 9.59 Å². The van der Waals surface area contributed by atoms with Crippen molar-refractivity contribution in [3.05, 3.63) is 52.5 Å². The van der Waals surface area contributed by atoms with Gasteiger partial charge in [0.25, 0.3) is 0 Å². The van der Waals surface area contributed by atoms with Gasteiger partial charge in [0, 0.05) is 22.0 Å². The third-order valence-corrected chi connectivity index (χ3v) is 5.01. The average molecular weight is 411 g/mol. The Morgan fingerprint density at radius 3 is 2.62 bits per heavy atom. The number of anilines is 2. The van der Waals surface area contributed by atoms with E-state index in [9.17, 15) is 9.59 Å². The summed E-state index contributed by atoms with van der Waals surface area (Å²) in [5.74, 6) is 0.0367. The number of thioether (sulfide) groups is 1. The van der Waals surface area contributed by atoms with Crippen LogP contribution < -0.4 is 10.6 Å². The molecule has 26 heavy (non-hydrogen) atoms. The molecule has 0 aliphatic carbocycles. The third kappa shape index (κ3) is 6.90. The van der Waals surface area contributed by atoms with E-state index in [1.165, 1.54) is 11.8 Å². The van der Waals surface area contributed by atoms with E-state index in [2.05, 4.69) is 10.6 Å². The van der Waals surface area contributed by atoms with Gasteiger partial charge in [-0.05, 0) is 42.8 Å². The molecule has 2 N–H and O–H groups in total. The van der Waals surface area contributed by atoms with Crippen molar-refractivity contribution in [1.29, 1.82) is 0 Å². The van der Waals surface area contributed by atoms with Gasteiger partial charge in [0.15, 0.2) is 0 Å². The fourth-order valence-electron chi connectivity index (χ4n) is 2.15. The topological polar surface area (TPSA) is 58.2 Å². The fraction of sp³-hybridized carbons (Fsp3) is 0.263. The highest BCUT2D eigenvalue weighted by Crippen LogP contribution is 2.26. The molecule has 0 saturated heterocycles. The van der Waals surface area contributed by atoms with Crippen LogP contribution in [-0.4, -0.2) is 17.6 Å². The summed E-state index contributed by atoms with van der Waals surface area (Å²) in [5, 5.41) is 6.56. The molecule has 7 heteroatoms. The summed E-state index contributed by atoms with van der Waals surface area (Å²) in [6.45, 7) is 2.05. The quantitative estimate of drug-likeness (QED) is 0.536. The molecule has 0 aliphatic heterocycles. The number of benzene rings is 2. The van der Waals surface area contributed by atoms with Crippen molar-refractivity contribution < 1.29 is 9.59 Å². The second kappa shape index (κ2) is 10.5. The normalized spacial score (nSPS) is 10.4. The first-order valence-corrected chi connectivity index (χ1v) is 9.99. The molecule has 4 nitrogen and oxygen atoms in total. The maximum absolute atomic E-state index is 12.1. The summed E-state index contributed by atoms with van der Waals surface area (Å²) >= 11 is 13.3. The summed E-state index contributed by atoms with van der Waals surface area (Å²) in [7, 11) is 0. The van der Waals surface area contributed by atoms with Crippen molar-refractivity contribution in [2.45, 2.75) is 31.1 Å². The van der Waals surface area contributed by atoms with Gasteiger partial charge in [0.1, 0.15) is 0 Å². The number of carbonyl (C=O) groups excluding carboxylic acids is 2. The number of unbranched alkanes of at least 4 members (excludes halogenated alkanes) is 1. The SMILES string of the molecule is CCCCC(=O)Nc1cccc(SCC(=O)Nc2cc(Cl)ccc2Cl)c1. The van der Waals surface area contributed by atoms with Crippen LogP contribution in [0.4, 0.5) is 11.4 Å². The maximum atomic E-state index is 12.1. The van der Waals surface area contributed by atoms with Crippen LogP contribution >= 0.6 is 35.0 Å². The Kier molecular flexibility index (Phi) is 8.29. The Bertz CT molecular complexity index is 784. The minimum absolute atomic E-state index is 0.00217. The van der Waals surface area contributed by atoms with Crippen LogP contribution in [0.1, 0.15) is 26.2 Å². The Morgan fingerprint density at radius 2 is 1.85 bits per heavy atom. The lowest BCUT2D eigenvalue weighted by Gasteiger charge is -2.09. The van der Waals surface area contributed by atoms with Crippen LogP contribution in [0.25, 0.3) is 0 Å². The van der Waals surface area contributed by atoms with Gasteiger partial charge in [-0.3, -0.25) is 9.59 Å². The Balaban J connectivity index is 1.88.